The van der Waals surface area contributed by atoms with E-state index in [1.54, 1.807) is 0 Å². The first-order valence-electron chi connectivity index (χ1n) is 5.72. The van der Waals surface area contributed by atoms with E-state index in [0.29, 0.717) is 0 Å². The number of nitrogens with two attached hydrogens (primary N) is 1. The standard InChI is InChI=1S/C13H10N.C2H6.CH3.Sm/c14-11-5-6-13-10(8-11)7-9-3-1-2-4-12(9)13;1-2;;/h2-6,8H,7,14H2;1-2H3;1H3;/q-1;;-1;. The van der Waals surface area contributed by atoms with Crippen LogP contribution in [-0.2, 0) is 6.42 Å². The maximum atomic E-state index is 5.76. The van der Waals surface area contributed by atoms with Gasteiger partial charge in [-0.05, 0) is 29.7 Å². The molecule has 18 heavy (non-hydrogen) atoms. The van der Waals surface area contributed by atoms with Gasteiger partial charge in [0.25, 0.3) is 0 Å². The average Bonchev–Trinajstić information content (AvgIpc) is 2.68. The van der Waals surface area contributed by atoms with Gasteiger partial charge in [0.05, 0.1) is 0 Å². The molecular weight excluding hydrogens is 357 g/mol. The molecule has 96 valence electrons. The molecule has 0 aromatic heterocycles. The monoisotopic (exact) mass is 377 g/mol. The Kier molecular flexibility index (Phi) is 7.71. The maximum absolute atomic E-state index is 5.76. The fourth-order valence-corrected chi connectivity index (χ4v) is 2.10. The molecular formula is C16H19NSm-2. The number of anilines is 1. The van der Waals surface area contributed by atoms with Crippen LogP contribution in [0.5, 0.6) is 0 Å². The second-order valence-corrected chi connectivity index (χ2v) is 3.68. The van der Waals surface area contributed by atoms with Crippen molar-refractivity contribution in [2.75, 3.05) is 5.73 Å². The zero-order chi connectivity index (χ0) is 11.5. The van der Waals surface area contributed by atoms with E-state index in [-0.39, 0.29) is 47.8 Å². The molecule has 0 atom stereocenters. The van der Waals surface area contributed by atoms with E-state index in [1.807, 2.05) is 26.0 Å². The maximum Gasteiger partial charge on any atom is 0.0316 e. The Balaban J connectivity index is 0.000000691. The third-order valence-electron chi connectivity index (χ3n) is 2.75. The molecule has 2 heteroatoms. The molecule has 1 aliphatic carbocycles. The minimum atomic E-state index is 0. The van der Waals surface area contributed by atoms with Gasteiger partial charge in [-0.25, -0.2) is 0 Å². The summed E-state index contributed by atoms with van der Waals surface area (Å²) in [6, 6.07) is 15.4. The Bertz CT molecular complexity index is 506. The molecule has 0 amide bonds. The molecule has 0 spiro atoms. The van der Waals surface area contributed by atoms with Crippen molar-refractivity contribution >= 4 is 5.69 Å². The zero-order valence-corrected chi connectivity index (χ0v) is 13.8. The molecule has 0 fully saturated rings. The summed E-state index contributed by atoms with van der Waals surface area (Å²) in [6.45, 7) is 4.00. The van der Waals surface area contributed by atoms with Crippen molar-refractivity contribution in [3.05, 3.63) is 61.0 Å². The molecule has 0 aliphatic heterocycles. The van der Waals surface area contributed by atoms with E-state index in [2.05, 4.69) is 30.3 Å². The van der Waals surface area contributed by atoms with Gasteiger partial charge in [-0.15, -0.1) is 11.1 Å². The molecule has 2 aromatic rings. The normalized spacial score (nSPS) is 9.89. The van der Waals surface area contributed by atoms with Gasteiger partial charge >= 0.3 is 0 Å². The van der Waals surface area contributed by atoms with Crippen LogP contribution < -0.4 is 5.73 Å². The smallest absolute Gasteiger partial charge is 0.0316 e. The zero-order valence-electron chi connectivity index (χ0n) is 11.2. The summed E-state index contributed by atoms with van der Waals surface area (Å²) in [7, 11) is 0. The van der Waals surface area contributed by atoms with Crippen molar-refractivity contribution in [1.82, 2.24) is 0 Å². The second-order valence-electron chi connectivity index (χ2n) is 3.68. The van der Waals surface area contributed by atoms with E-state index >= 15 is 0 Å². The molecule has 0 saturated carbocycles. The predicted octanol–water partition coefficient (Wildman–Crippen LogP) is 4.12. The Morgan fingerprint density at radius 3 is 2.44 bits per heavy atom. The van der Waals surface area contributed by atoms with Gasteiger partial charge in [0.15, 0.2) is 0 Å². The first-order valence-corrected chi connectivity index (χ1v) is 5.72. The summed E-state index contributed by atoms with van der Waals surface area (Å²) in [5.74, 6) is 0. The van der Waals surface area contributed by atoms with Crippen molar-refractivity contribution < 1.29 is 40.4 Å². The Morgan fingerprint density at radius 2 is 1.72 bits per heavy atom. The number of hydrogen-bond donors (Lipinski definition) is 1. The molecule has 0 saturated heterocycles. The van der Waals surface area contributed by atoms with Crippen LogP contribution in [0.4, 0.5) is 5.69 Å². The topological polar surface area (TPSA) is 26.0 Å². The van der Waals surface area contributed by atoms with Gasteiger partial charge in [-0.3, -0.25) is 0 Å². The Hall–Kier alpha value is -0.422. The Labute approximate surface area is 143 Å². The number of fused-ring (bicyclic) bond motifs is 3. The third-order valence-corrected chi connectivity index (χ3v) is 2.75. The fraction of sp³-hybridized carbons (Fsp3) is 0.188. The molecule has 0 radical (unpaired) electrons. The van der Waals surface area contributed by atoms with Crippen LogP contribution >= 0.6 is 0 Å². The summed E-state index contributed by atoms with van der Waals surface area (Å²) < 4.78 is 0. The molecule has 2 N–H and O–H groups in total. The Morgan fingerprint density at radius 1 is 1.06 bits per heavy atom. The van der Waals surface area contributed by atoms with Gasteiger partial charge in [-0.1, -0.05) is 19.9 Å². The number of nitrogen functional groups attached to an aromatic ring is 1. The molecule has 2 aromatic carbocycles. The molecule has 0 unspecified atom stereocenters. The van der Waals surface area contributed by atoms with Crippen molar-refractivity contribution in [2.24, 2.45) is 0 Å². The minimum Gasteiger partial charge on any atom is -0.399 e. The molecule has 0 heterocycles. The molecule has 0 bridgehead atoms. The quantitative estimate of drug-likeness (QED) is 0.464. The molecule has 1 aliphatic rings. The van der Waals surface area contributed by atoms with Crippen LogP contribution in [0.25, 0.3) is 11.1 Å². The molecule has 1 nitrogen and oxygen atoms in total. The SMILES string of the molecule is CC.Nc1ccc2c(c1)Cc1c[c-]ccc1-2.[CH3-].[Sm]. The van der Waals surface area contributed by atoms with Crippen molar-refractivity contribution in [2.45, 2.75) is 20.3 Å². The van der Waals surface area contributed by atoms with Crippen LogP contribution in [0.3, 0.4) is 0 Å². The molecule has 3 rings (SSSR count). The summed E-state index contributed by atoms with van der Waals surface area (Å²) in [5, 5.41) is 0. The van der Waals surface area contributed by atoms with E-state index in [4.69, 9.17) is 5.73 Å². The van der Waals surface area contributed by atoms with Crippen LogP contribution in [-0.4, -0.2) is 0 Å². The van der Waals surface area contributed by atoms with Crippen molar-refractivity contribution in [1.29, 1.82) is 0 Å². The summed E-state index contributed by atoms with van der Waals surface area (Å²) >= 11 is 0. The first kappa shape index (κ1) is 17.6. The summed E-state index contributed by atoms with van der Waals surface area (Å²) in [5.41, 5.74) is 11.9. The van der Waals surface area contributed by atoms with E-state index in [9.17, 15) is 0 Å². The van der Waals surface area contributed by atoms with Crippen molar-refractivity contribution in [3.63, 3.8) is 0 Å². The van der Waals surface area contributed by atoms with Gasteiger partial charge in [0, 0.05) is 46.1 Å². The summed E-state index contributed by atoms with van der Waals surface area (Å²) in [6.07, 6.45) is 0.993. The van der Waals surface area contributed by atoms with Crippen LogP contribution in [0.1, 0.15) is 25.0 Å². The van der Waals surface area contributed by atoms with Crippen molar-refractivity contribution in [3.8, 4) is 11.1 Å². The van der Waals surface area contributed by atoms with Crippen LogP contribution in [0, 0.1) is 53.9 Å². The van der Waals surface area contributed by atoms with Gasteiger partial charge in [0.2, 0.25) is 0 Å². The number of benzene rings is 2. The minimum absolute atomic E-state index is 0. The summed E-state index contributed by atoms with van der Waals surface area (Å²) in [4.78, 5) is 0. The average molecular weight is 376 g/mol. The first-order chi connectivity index (χ1) is 7.84. The van der Waals surface area contributed by atoms with E-state index in [0.717, 1.165) is 12.1 Å². The van der Waals surface area contributed by atoms with E-state index < -0.39 is 0 Å². The number of hydrogen-bond acceptors (Lipinski definition) is 1. The second kappa shape index (κ2) is 7.89. The van der Waals surface area contributed by atoms with Gasteiger partial charge in [-0.2, -0.15) is 24.3 Å². The van der Waals surface area contributed by atoms with Crippen LogP contribution in [0.2, 0.25) is 0 Å². The predicted molar refractivity (Wildman–Crippen MR) is 75.7 cm³/mol. The largest absolute Gasteiger partial charge is 0.399 e. The fourth-order valence-electron chi connectivity index (χ4n) is 2.10. The third kappa shape index (κ3) is 3.32. The number of rotatable bonds is 0. The van der Waals surface area contributed by atoms with Gasteiger partial charge < -0.3 is 13.2 Å². The van der Waals surface area contributed by atoms with Gasteiger partial charge in [0.1, 0.15) is 0 Å². The van der Waals surface area contributed by atoms with E-state index in [1.165, 1.54) is 22.3 Å². The van der Waals surface area contributed by atoms with Crippen LogP contribution in [0.15, 0.2) is 36.4 Å².